The smallest absolute Gasteiger partial charge is 0.255 e. The number of ether oxygens (including phenoxy) is 2. The van der Waals surface area contributed by atoms with Gasteiger partial charge in [0.15, 0.2) is 0 Å². The summed E-state index contributed by atoms with van der Waals surface area (Å²) < 4.78 is 13.3. The normalized spacial score (nSPS) is 10.8. The molecule has 0 atom stereocenters. The van der Waals surface area contributed by atoms with E-state index in [1.165, 1.54) is 0 Å². The summed E-state index contributed by atoms with van der Waals surface area (Å²) in [7, 11) is 1.56. The highest BCUT2D eigenvalue weighted by Crippen LogP contribution is 2.19. The molecule has 1 amide bonds. The van der Waals surface area contributed by atoms with Crippen molar-refractivity contribution in [3.63, 3.8) is 0 Å². The summed E-state index contributed by atoms with van der Waals surface area (Å²) in [5.41, 5.74) is 2.55. The van der Waals surface area contributed by atoms with Crippen LogP contribution in [-0.4, -0.2) is 35.7 Å². The molecule has 170 valence electrons. The van der Waals surface area contributed by atoms with Gasteiger partial charge in [-0.1, -0.05) is 35.9 Å². The van der Waals surface area contributed by atoms with Gasteiger partial charge in [-0.3, -0.25) is 4.79 Å². The number of hydrogen-bond acceptors (Lipinski definition) is 4. The molecule has 0 unspecified atom stereocenters. The van der Waals surface area contributed by atoms with E-state index in [1.807, 2.05) is 54.6 Å². The average molecular weight is 464 g/mol. The molecule has 0 aliphatic heterocycles. The molecule has 0 aliphatic carbocycles. The van der Waals surface area contributed by atoms with Crippen molar-refractivity contribution in [2.24, 2.45) is 0 Å². The highest BCUT2D eigenvalue weighted by atomic mass is 35.5. The first-order chi connectivity index (χ1) is 16.2. The van der Waals surface area contributed by atoms with Gasteiger partial charge in [-0.05, 0) is 55.0 Å². The molecule has 0 fully saturated rings. The number of nitrogens with zero attached hydrogens (tertiary/aromatic N) is 2. The number of para-hydroxylation sites is 3. The van der Waals surface area contributed by atoms with Gasteiger partial charge in [0.05, 0.1) is 30.3 Å². The van der Waals surface area contributed by atoms with Crippen molar-refractivity contribution in [2.45, 2.75) is 19.4 Å². The van der Waals surface area contributed by atoms with Gasteiger partial charge < -0.3 is 19.4 Å². The fourth-order valence-electron chi connectivity index (χ4n) is 3.72. The molecule has 1 aromatic heterocycles. The Balaban J connectivity index is 1.38. The zero-order valence-electron chi connectivity index (χ0n) is 18.5. The van der Waals surface area contributed by atoms with Gasteiger partial charge in [0.25, 0.3) is 5.91 Å². The SMILES string of the molecule is COc1ccccc1C(=O)NCCc1nc2ccccc2n1CCCOc1ccc(Cl)cc1. The number of benzene rings is 3. The Hall–Kier alpha value is -3.51. The van der Waals surface area contributed by atoms with Crippen LogP contribution < -0.4 is 14.8 Å². The lowest BCUT2D eigenvalue weighted by atomic mass is 10.2. The number of fused-ring (bicyclic) bond motifs is 1. The number of methoxy groups -OCH3 is 1. The zero-order chi connectivity index (χ0) is 23.0. The average Bonchev–Trinajstić information content (AvgIpc) is 3.20. The summed E-state index contributed by atoms with van der Waals surface area (Å²) >= 11 is 5.93. The molecule has 0 aliphatic rings. The number of hydrogen-bond donors (Lipinski definition) is 1. The van der Waals surface area contributed by atoms with E-state index >= 15 is 0 Å². The number of aryl methyl sites for hydroxylation is 1. The first-order valence-electron chi connectivity index (χ1n) is 10.9. The Bertz CT molecular complexity index is 1220. The number of imidazole rings is 1. The lowest BCUT2D eigenvalue weighted by Crippen LogP contribution is -2.27. The van der Waals surface area contributed by atoms with E-state index in [4.69, 9.17) is 26.1 Å². The molecule has 6 nitrogen and oxygen atoms in total. The summed E-state index contributed by atoms with van der Waals surface area (Å²) in [6.07, 6.45) is 1.44. The predicted octanol–water partition coefficient (Wildman–Crippen LogP) is 5.14. The molecule has 0 radical (unpaired) electrons. The lowest BCUT2D eigenvalue weighted by Gasteiger charge is -2.12. The third kappa shape index (κ3) is 5.65. The molecule has 0 bridgehead atoms. The van der Waals surface area contributed by atoms with Crippen LogP contribution in [0.2, 0.25) is 5.02 Å². The van der Waals surface area contributed by atoms with E-state index in [2.05, 4.69) is 16.0 Å². The van der Waals surface area contributed by atoms with Crippen LogP contribution in [0, 0.1) is 0 Å². The fraction of sp³-hybridized carbons (Fsp3) is 0.231. The fourth-order valence-corrected chi connectivity index (χ4v) is 3.85. The molecular formula is C26H26ClN3O3. The highest BCUT2D eigenvalue weighted by Gasteiger charge is 2.13. The molecule has 4 rings (SSSR count). The second-order valence-electron chi connectivity index (χ2n) is 7.53. The van der Waals surface area contributed by atoms with Gasteiger partial charge in [-0.2, -0.15) is 0 Å². The molecule has 7 heteroatoms. The third-order valence-electron chi connectivity index (χ3n) is 5.33. The van der Waals surface area contributed by atoms with E-state index in [0.717, 1.165) is 35.6 Å². The van der Waals surface area contributed by atoms with Crippen LogP contribution in [-0.2, 0) is 13.0 Å². The van der Waals surface area contributed by atoms with Gasteiger partial charge >= 0.3 is 0 Å². The Morgan fingerprint density at radius 3 is 2.61 bits per heavy atom. The second kappa shape index (κ2) is 10.9. The summed E-state index contributed by atoms with van der Waals surface area (Å²) in [6.45, 7) is 1.82. The van der Waals surface area contributed by atoms with Crippen LogP contribution in [0.25, 0.3) is 11.0 Å². The van der Waals surface area contributed by atoms with Gasteiger partial charge in [-0.25, -0.2) is 4.98 Å². The second-order valence-corrected chi connectivity index (χ2v) is 7.97. The van der Waals surface area contributed by atoms with Crippen molar-refractivity contribution in [1.82, 2.24) is 14.9 Å². The molecule has 33 heavy (non-hydrogen) atoms. The first-order valence-corrected chi connectivity index (χ1v) is 11.3. The molecule has 0 saturated heterocycles. The van der Waals surface area contributed by atoms with Crippen molar-refractivity contribution in [3.05, 3.63) is 89.2 Å². The zero-order valence-corrected chi connectivity index (χ0v) is 19.2. The number of carbonyl (C=O) groups is 1. The number of amides is 1. The van der Waals surface area contributed by atoms with Crippen molar-refractivity contribution >= 4 is 28.5 Å². The van der Waals surface area contributed by atoms with Gasteiger partial charge in [0, 0.05) is 24.5 Å². The maximum Gasteiger partial charge on any atom is 0.255 e. The van der Waals surface area contributed by atoms with Crippen LogP contribution in [0.1, 0.15) is 22.6 Å². The molecule has 3 aromatic carbocycles. The van der Waals surface area contributed by atoms with Crippen LogP contribution in [0.5, 0.6) is 11.5 Å². The minimum Gasteiger partial charge on any atom is -0.496 e. The number of rotatable bonds is 10. The topological polar surface area (TPSA) is 65.4 Å². The van der Waals surface area contributed by atoms with Crippen molar-refractivity contribution in [1.29, 1.82) is 0 Å². The van der Waals surface area contributed by atoms with E-state index in [1.54, 1.807) is 19.2 Å². The first kappa shape index (κ1) is 22.7. The maximum atomic E-state index is 12.6. The van der Waals surface area contributed by atoms with Crippen molar-refractivity contribution in [2.75, 3.05) is 20.3 Å². The Labute approximate surface area is 198 Å². The van der Waals surface area contributed by atoms with Gasteiger partial charge in [-0.15, -0.1) is 0 Å². The summed E-state index contributed by atoms with van der Waals surface area (Å²) in [5, 5.41) is 3.67. The van der Waals surface area contributed by atoms with Gasteiger partial charge in [0.1, 0.15) is 17.3 Å². The number of aromatic nitrogens is 2. The highest BCUT2D eigenvalue weighted by molar-refractivity contribution is 6.30. The number of nitrogens with one attached hydrogen (secondary N) is 1. The maximum absolute atomic E-state index is 12.6. The minimum absolute atomic E-state index is 0.161. The molecule has 0 saturated carbocycles. The quantitative estimate of drug-likeness (QED) is 0.331. The molecule has 1 heterocycles. The van der Waals surface area contributed by atoms with E-state index < -0.39 is 0 Å². The predicted molar refractivity (Wildman–Crippen MR) is 130 cm³/mol. The third-order valence-corrected chi connectivity index (χ3v) is 5.58. The van der Waals surface area contributed by atoms with Crippen LogP contribution in [0.15, 0.2) is 72.8 Å². The molecular weight excluding hydrogens is 438 g/mol. The standard InChI is InChI=1S/C26H26ClN3O3/c1-32-24-10-5-2-7-21(24)26(31)28-16-15-25-29-22-8-3-4-9-23(22)30(25)17-6-18-33-20-13-11-19(27)12-14-20/h2-5,7-14H,6,15-18H2,1H3,(H,28,31). The lowest BCUT2D eigenvalue weighted by molar-refractivity contribution is 0.0951. The minimum atomic E-state index is -0.161. The van der Waals surface area contributed by atoms with E-state index in [-0.39, 0.29) is 5.91 Å². The monoisotopic (exact) mass is 463 g/mol. The number of halogens is 1. The molecule has 1 N–H and O–H groups in total. The summed E-state index contributed by atoms with van der Waals surface area (Å²) in [6, 6.07) is 22.6. The Morgan fingerprint density at radius 2 is 1.79 bits per heavy atom. The summed E-state index contributed by atoms with van der Waals surface area (Å²) in [4.78, 5) is 17.4. The Morgan fingerprint density at radius 1 is 1.03 bits per heavy atom. The van der Waals surface area contributed by atoms with E-state index in [0.29, 0.717) is 35.9 Å². The van der Waals surface area contributed by atoms with Crippen molar-refractivity contribution < 1.29 is 14.3 Å². The number of carbonyl (C=O) groups excluding carboxylic acids is 1. The van der Waals surface area contributed by atoms with E-state index in [9.17, 15) is 4.79 Å². The summed E-state index contributed by atoms with van der Waals surface area (Å²) in [5.74, 6) is 2.13. The molecule has 4 aromatic rings. The Kier molecular flexibility index (Phi) is 7.47. The van der Waals surface area contributed by atoms with Crippen LogP contribution in [0.3, 0.4) is 0 Å². The van der Waals surface area contributed by atoms with Crippen LogP contribution in [0.4, 0.5) is 0 Å². The van der Waals surface area contributed by atoms with Crippen molar-refractivity contribution in [3.8, 4) is 11.5 Å². The van der Waals surface area contributed by atoms with Crippen LogP contribution >= 0.6 is 11.6 Å². The molecule has 0 spiro atoms. The largest absolute Gasteiger partial charge is 0.496 e. The van der Waals surface area contributed by atoms with Gasteiger partial charge in [0.2, 0.25) is 0 Å².